The van der Waals surface area contributed by atoms with Crippen LogP contribution in [0.5, 0.6) is 5.75 Å². The largest absolute Gasteiger partial charge is 0.492 e. The summed E-state index contributed by atoms with van der Waals surface area (Å²) >= 11 is 0. The first kappa shape index (κ1) is 20.9. The van der Waals surface area contributed by atoms with Gasteiger partial charge in [0, 0.05) is 38.1 Å². The molecule has 0 aromatic heterocycles. The van der Waals surface area contributed by atoms with E-state index < -0.39 is 0 Å². The number of nitrogens with one attached hydrogen (secondary N) is 1. The molecule has 164 valence electrons. The van der Waals surface area contributed by atoms with Crippen LogP contribution in [0.15, 0.2) is 24.3 Å². The van der Waals surface area contributed by atoms with E-state index in [4.69, 9.17) is 15.2 Å². The van der Waals surface area contributed by atoms with Crippen LogP contribution in [0.4, 0.5) is 4.79 Å². The molecule has 2 saturated heterocycles. The molecule has 2 aliphatic heterocycles. The van der Waals surface area contributed by atoms with Crippen molar-refractivity contribution in [3.05, 3.63) is 29.8 Å². The lowest BCUT2D eigenvalue weighted by molar-refractivity contribution is -0.133. The van der Waals surface area contributed by atoms with E-state index >= 15 is 0 Å². The van der Waals surface area contributed by atoms with Gasteiger partial charge in [0.2, 0.25) is 0 Å². The number of hydrogen-bond acceptors (Lipinski definition) is 6. The normalized spacial score (nSPS) is 21.4. The first-order valence-electron chi connectivity index (χ1n) is 10.7. The van der Waals surface area contributed by atoms with Crippen LogP contribution in [-0.4, -0.2) is 80.8 Å². The second-order valence-electron chi connectivity index (χ2n) is 9.16. The number of benzene rings is 1. The van der Waals surface area contributed by atoms with E-state index in [1.165, 1.54) is 5.56 Å². The number of carbonyl (C=O) groups is 2. The van der Waals surface area contributed by atoms with Crippen LogP contribution in [0.1, 0.15) is 18.4 Å². The summed E-state index contributed by atoms with van der Waals surface area (Å²) in [5, 5.41) is 3.18. The van der Waals surface area contributed by atoms with E-state index in [2.05, 4.69) is 17.4 Å². The number of carbonyl (C=O) groups excluding carboxylic acids is 2. The Hall–Kier alpha value is -2.32. The van der Waals surface area contributed by atoms with E-state index in [9.17, 15) is 9.59 Å². The highest BCUT2D eigenvalue weighted by Crippen LogP contribution is 2.53. The highest BCUT2D eigenvalue weighted by molar-refractivity contribution is 5.77. The van der Waals surface area contributed by atoms with Crippen molar-refractivity contribution in [2.24, 2.45) is 17.1 Å². The number of para-hydroxylation sites is 1. The molecule has 3 N–H and O–H groups in total. The molecule has 1 spiro atoms. The molecule has 0 atom stereocenters. The predicted molar refractivity (Wildman–Crippen MR) is 112 cm³/mol. The van der Waals surface area contributed by atoms with Gasteiger partial charge in [-0.3, -0.25) is 4.79 Å². The predicted octanol–water partition coefficient (Wildman–Crippen LogP) is 0.845. The van der Waals surface area contributed by atoms with Gasteiger partial charge in [0.1, 0.15) is 19.0 Å². The average molecular weight is 417 g/mol. The van der Waals surface area contributed by atoms with Gasteiger partial charge in [0.15, 0.2) is 0 Å². The number of likely N-dealkylation sites (N-methyl/N-ethyl adjacent to an activating group) is 1. The van der Waals surface area contributed by atoms with Crippen LogP contribution in [0, 0.1) is 11.3 Å². The summed E-state index contributed by atoms with van der Waals surface area (Å²) in [6, 6.07) is 8.31. The third-order valence-electron chi connectivity index (χ3n) is 6.84. The number of hydrogen-bond donors (Lipinski definition) is 2. The molecule has 2 amide bonds. The molecule has 3 fully saturated rings. The number of amides is 2. The van der Waals surface area contributed by atoms with Gasteiger partial charge in [-0.15, -0.1) is 0 Å². The molecule has 30 heavy (non-hydrogen) atoms. The van der Waals surface area contributed by atoms with Crippen molar-refractivity contribution in [1.29, 1.82) is 0 Å². The Morgan fingerprint density at radius 1 is 1.23 bits per heavy atom. The monoisotopic (exact) mass is 416 g/mol. The molecule has 0 bridgehead atoms. The third-order valence-corrected chi connectivity index (χ3v) is 6.84. The highest BCUT2D eigenvalue weighted by atomic mass is 16.5. The standard InChI is InChI=1S/C22H32N4O4/c1-24-22(15-29-16-27)13-26(14-22)20(28)25-11-21(12-25)9-17(10-21)8-18-4-2-3-5-19(18)30-7-6-23/h2-5,16-17,24H,6-15,23H2,1H3. The minimum Gasteiger partial charge on any atom is -0.492 e. The van der Waals surface area contributed by atoms with E-state index in [1.807, 2.05) is 29.0 Å². The Bertz CT molecular complexity index is 766. The molecule has 4 rings (SSSR count). The summed E-state index contributed by atoms with van der Waals surface area (Å²) in [7, 11) is 1.84. The Morgan fingerprint density at radius 3 is 2.60 bits per heavy atom. The molecule has 0 unspecified atom stereocenters. The lowest BCUT2D eigenvalue weighted by Crippen LogP contribution is -2.75. The molecular formula is C22H32N4O4. The fourth-order valence-corrected chi connectivity index (χ4v) is 5.29. The Morgan fingerprint density at radius 2 is 1.93 bits per heavy atom. The Kier molecular flexibility index (Phi) is 5.88. The number of ether oxygens (including phenoxy) is 2. The zero-order valence-corrected chi connectivity index (χ0v) is 17.6. The van der Waals surface area contributed by atoms with Crippen LogP contribution >= 0.6 is 0 Å². The van der Waals surface area contributed by atoms with Gasteiger partial charge in [-0.05, 0) is 43.9 Å². The maximum Gasteiger partial charge on any atom is 0.320 e. The molecule has 3 aliphatic rings. The van der Waals surface area contributed by atoms with Crippen molar-refractivity contribution in [3.63, 3.8) is 0 Å². The molecule has 1 saturated carbocycles. The second kappa shape index (κ2) is 8.43. The lowest BCUT2D eigenvalue weighted by atomic mass is 9.56. The van der Waals surface area contributed by atoms with Crippen LogP contribution in [-0.2, 0) is 16.0 Å². The number of nitrogens with zero attached hydrogens (tertiary/aromatic N) is 2. The number of urea groups is 1. The molecule has 8 nitrogen and oxygen atoms in total. The van der Waals surface area contributed by atoms with Crippen LogP contribution < -0.4 is 15.8 Å². The lowest BCUT2D eigenvalue weighted by Gasteiger charge is -2.61. The zero-order valence-electron chi connectivity index (χ0n) is 17.6. The van der Waals surface area contributed by atoms with Gasteiger partial charge < -0.3 is 30.3 Å². The fraction of sp³-hybridized carbons (Fsp3) is 0.636. The second-order valence-corrected chi connectivity index (χ2v) is 9.16. The Balaban J connectivity index is 1.21. The van der Waals surface area contributed by atoms with Gasteiger partial charge in [0.25, 0.3) is 6.47 Å². The number of likely N-dealkylation sites (tertiary alicyclic amines) is 2. The minimum absolute atomic E-state index is 0.0987. The van der Waals surface area contributed by atoms with Gasteiger partial charge in [-0.2, -0.15) is 0 Å². The van der Waals surface area contributed by atoms with Crippen molar-refractivity contribution in [3.8, 4) is 5.75 Å². The zero-order chi connectivity index (χ0) is 21.2. The van der Waals surface area contributed by atoms with Crippen molar-refractivity contribution < 1.29 is 19.1 Å². The maximum atomic E-state index is 12.7. The van der Waals surface area contributed by atoms with E-state index in [-0.39, 0.29) is 11.6 Å². The maximum absolute atomic E-state index is 12.7. The summed E-state index contributed by atoms with van der Waals surface area (Å²) in [6.45, 7) is 4.64. The van der Waals surface area contributed by atoms with E-state index in [1.54, 1.807) is 0 Å². The first-order chi connectivity index (χ1) is 14.5. The van der Waals surface area contributed by atoms with Crippen LogP contribution in [0.25, 0.3) is 0 Å². The van der Waals surface area contributed by atoms with Gasteiger partial charge in [-0.1, -0.05) is 18.2 Å². The molecular weight excluding hydrogens is 384 g/mol. The molecule has 1 aromatic carbocycles. The Labute approximate surface area is 177 Å². The molecule has 1 aliphatic carbocycles. The number of rotatable bonds is 9. The molecule has 8 heteroatoms. The quantitative estimate of drug-likeness (QED) is 0.579. The summed E-state index contributed by atoms with van der Waals surface area (Å²) in [4.78, 5) is 27.0. The topological polar surface area (TPSA) is 97.1 Å². The summed E-state index contributed by atoms with van der Waals surface area (Å²) in [5.74, 6) is 1.59. The minimum atomic E-state index is -0.306. The molecule has 1 aromatic rings. The van der Waals surface area contributed by atoms with Gasteiger partial charge in [0.05, 0.1) is 5.54 Å². The number of nitrogens with two attached hydrogens (primary N) is 1. The summed E-state index contributed by atoms with van der Waals surface area (Å²) in [6.07, 6.45) is 3.34. The van der Waals surface area contributed by atoms with E-state index in [0.717, 1.165) is 38.1 Å². The average Bonchev–Trinajstić information content (AvgIpc) is 2.67. The van der Waals surface area contributed by atoms with Gasteiger partial charge >= 0.3 is 6.03 Å². The SMILES string of the molecule is CNC1(COC=O)CN(C(=O)N2CC3(CC(Cc4ccccc4OCCN)C3)C2)C1. The van der Waals surface area contributed by atoms with E-state index in [0.29, 0.717) is 50.7 Å². The van der Waals surface area contributed by atoms with Crippen molar-refractivity contribution in [1.82, 2.24) is 15.1 Å². The van der Waals surface area contributed by atoms with Crippen LogP contribution in [0.3, 0.4) is 0 Å². The molecule has 0 radical (unpaired) electrons. The summed E-state index contributed by atoms with van der Waals surface area (Å²) < 4.78 is 10.7. The third kappa shape index (κ3) is 3.98. The first-order valence-corrected chi connectivity index (χ1v) is 10.7. The van der Waals surface area contributed by atoms with Crippen LogP contribution in [0.2, 0.25) is 0 Å². The molecule has 2 heterocycles. The van der Waals surface area contributed by atoms with Crippen molar-refractivity contribution >= 4 is 12.5 Å². The highest BCUT2D eigenvalue weighted by Gasteiger charge is 2.55. The van der Waals surface area contributed by atoms with Crippen molar-refractivity contribution in [2.75, 3.05) is 53.0 Å². The fourth-order valence-electron chi connectivity index (χ4n) is 5.29. The summed E-state index contributed by atoms with van der Waals surface area (Å²) in [5.41, 5.74) is 6.81. The smallest absolute Gasteiger partial charge is 0.320 e. The van der Waals surface area contributed by atoms with Crippen molar-refractivity contribution in [2.45, 2.75) is 24.8 Å². The van der Waals surface area contributed by atoms with Gasteiger partial charge in [-0.25, -0.2) is 4.79 Å².